The van der Waals surface area contributed by atoms with Gasteiger partial charge in [-0.1, -0.05) is 288 Å². The Kier molecular flexibility index (Phi) is 48.3. The Hall–Kier alpha value is -10.0. The lowest BCUT2D eigenvalue weighted by Gasteiger charge is -2.41. The van der Waals surface area contributed by atoms with Crippen LogP contribution in [0.4, 0.5) is 32.3 Å². The molecule has 7 fully saturated rings. The number of hydrazine groups is 1. The fraction of sp³-hybridized carbons (Fsp3) is 0.472. The number of ether oxygens (including phenoxy) is 3. The molecule has 18 rings (SSSR count). The van der Waals surface area contributed by atoms with Crippen molar-refractivity contribution in [2.24, 2.45) is 23.6 Å². The van der Waals surface area contributed by atoms with Crippen molar-refractivity contribution >= 4 is 88.4 Å². The number of epoxide rings is 1. The molecule has 0 bridgehead atoms. The fourth-order valence-electron chi connectivity index (χ4n) is 17.8. The molecule has 10 aliphatic rings. The van der Waals surface area contributed by atoms with Crippen molar-refractivity contribution in [3.63, 3.8) is 0 Å². The number of nitrogens with zero attached hydrogens (tertiary/aromatic N) is 5. The molecule has 22 heteroatoms. The zero-order valence-corrected chi connectivity index (χ0v) is 81.2. The number of nitrogens with one attached hydrogen (secondary N) is 5. The second-order valence-electron chi connectivity index (χ2n) is 32.6. The number of halogens is 2. The van der Waals surface area contributed by atoms with Crippen molar-refractivity contribution in [3.05, 3.63) is 273 Å². The van der Waals surface area contributed by atoms with Crippen molar-refractivity contribution in [1.29, 1.82) is 0 Å². The van der Waals surface area contributed by atoms with E-state index in [1.807, 2.05) is 262 Å². The molecule has 4 amide bonds. The molecule has 3 spiro atoms. The third-order valence-corrected chi connectivity index (χ3v) is 25.9. The lowest BCUT2D eigenvalue weighted by Crippen LogP contribution is -2.48. The molecule has 10 heterocycles. The van der Waals surface area contributed by atoms with Gasteiger partial charge in [-0.2, -0.15) is 0 Å². The maximum Gasteiger partial charge on any atom is 0.410 e. The second kappa shape index (κ2) is 58.7. The molecule has 130 heavy (non-hydrogen) atoms. The summed E-state index contributed by atoms with van der Waals surface area (Å²) in [5.74, 6) is 6.35. The first kappa shape index (κ1) is 107. The largest absolute Gasteiger partial charge is 0.445 e. The Labute approximate surface area is 788 Å². The summed E-state index contributed by atoms with van der Waals surface area (Å²) in [5, 5.41) is 26.4. The minimum Gasteiger partial charge on any atom is -0.445 e. The highest BCUT2D eigenvalue weighted by Crippen LogP contribution is 2.48. The number of aliphatic hydroxyl groups is 1. The van der Waals surface area contributed by atoms with Gasteiger partial charge in [0.2, 0.25) is 11.8 Å². The zero-order valence-electron chi connectivity index (χ0n) is 79.7. The van der Waals surface area contributed by atoms with E-state index < -0.39 is 0 Å². The van der Waals surface area contributed by atoms with Gasteiger partial charge in [0, 0.05) is 124 Å². The van der Waals surface area contributed by atoms with Gasteiger partial charge in [0.15, 0.2) is 0 Å². The Bertz CT molecular complexity index is 4570. The van der Waals surface area contributed by atoms with E-state index >= 15 is 0 Å². The maximum atomic E-state index is 12.5. The minimum atomic E-state index is -0.315. The van der Waals surface area contributed by atoms with E-state index in [-0.39, 0.29) is 52.8 Å². The molecule has 8 aromatic rings. The van der Waals surface area contributed by atoms with Crippen LogP contribution in [0.25, 0.3) is 12.2 Å². The van der Waals surface area contributed by atoms with Crippen LogP contribution in [-0.4, -0.2) is 183 Å². The number of carbonyl (C=O) groups excluding carboxylic acids is 5. The van der Waals surface area contributed by atoms with Crippen LogP contribution in [0.1, 0.15) is 199 Å². The van der Waals surface area contributed by atoms with Crippen molar-refractivity contribution in [2.45, 2.75) is 202 Å². The average Bonchev–Trinajstić information content (AvgIpc) is 1.61. The van der Waals surface area contributed by atoms with Crippen LogP contribution in [0.5, 0.6) is 0 Å². The molecule has 0 saturated carbocycles. The average molecular weight is 1820 g/mol. The molecule has 0 aliphatic carbocycles. The number of β-amino-alcohol motifs (C(OH)–C–C–N with tert-alkyl or cyclic N) is 1. The summed E-state index contributed by atoms with van der Waals surface area (Å²) in [6.45, 7) is 39.6. The molecule has 706 valence electrons. The molecular weight excluding hydrogens is 1670 g/mol. The highest BCUT2D eigenvalue weighted by atomic mass is 35.5. The van der Waals surface area contributed by atoms with Crippen molar-refractivity contribution in [2.75, 3.05) is 133 Å². The SMILES string of the molecule is CC.CC.CC.CC.CC.CC.NNc1ccccc1Cl.O=C(/C=C/c1ccccc1)N1CCC(C(O)CN2CCC3(CC2)CNc2ccccc23)CC1.O=C(/C=C/c1ccccc1)N1CCC(C2CO2)CC1.O=C(OCc1ccccc1)N1CCC2(CC1)CNc1c(Cl)cccc12.O=CC1CCN(C(=O)OCc2ccccc2)CC1.c1ccc2c(c1)NCC21CCNCC1. The molecule has 8 aromatic carbocycles. The number of nitrogen functional groups attached to an aromatic ring is 1. The molecular formula is C108H151Cl2N11O9. The highest BCUT2D eigenvalue weighted by Gasteiger charge is 2.45. The first-order chi connectivity index (χ1) is 63.7. The standard InChI is InChI=1S/C28H35N3O2.C20H21ClN2O2.C16H19NO2.C14H17NO3.C12H16N2.C6H7ClN2.6C2H6/c32-26(20-30-18-14-28(15-19-30)21-29-25-9-5-4-8-24(25)28)23-12-16-31(17-13-23)27(33)11-10-22-6-2-1-3-7-22;21-17-8-4-7-16-18(17)22-14-20(16)9-11-23(12-10-20)19(24)25-13-15-5-2-1-3-6-15;18-16(7-6-13-4-2-1-3-5-13)17-10-8-14(9-11-17)15-12-19-15;16-10-12-6-8-15(9-7-12)14(17)18-11-13-4-2-1-3-5-13;1-2-4-11-10(3-1)12(9-14-11)5-7-13-8-6-12;7-5-3-1-2-4-6(5)9-8;6*1-2/h1-11,23,26,29,32H,12-21H2;1-8,22H,9-14H2;1-7,14-15H,8-12H2;1-5,10,12H,6-9,11H2;1-4,13-14H,5-9H2;1-4,9H,8H2;6*1-2H3/b11-10+;;7-6+;;;;;;;;;. The number of rotatable bonds is 14. The number of para-hydroxylation sites is 4. The fourth-order valence-corrected chi connectivity index (χ4v) is 18.2. The summed E-state index contributed by atoms with van der Waals surface area (Å²) in [5.41, 5.74) is 16.1. The van der Waals surface area contributed by atoms with E-state index in [9.17, 15) is 29.1 Å². The Morgan fingerprint density at radius 2 is 0.846 bits per heavy atom. The van der Waals surface area contributed by atoms with Gasteiger partial charge in [0.25, 0.3) is 0 Å². The summed E-state index contributed by atoms with van der Waals surface area (Å²) in [4.78, 5) is 69.1. The zero-order chi connectivity index (χ0) is 93.9. The van der Waals surface area contributed by atoms with Crippen LogP contribution < -0.4 is 32.5 Å². The quantitative estimate of drug-likeness (QED) is 0.0176. The van der Waals surface area contributed by atoms with Gasteiger partial charge < -0.3 is 75.3 Å². The number of hydrogen-bond acceptors (Lipinski definition) is 16. The number of nitrogens with two attached hydrogens (primary N) is 1. The number of anilines is 4. The number of aliphatic hydroxyl groups excluding tert-OH is 1. The van der Waals surface area contributed by atoms with Crippen LogP contribution in [0, 0.1) is 17.8 Å². The van der Waals surface area contributed by atoms with Gasteiger partial charge in [-0.25, -0.2) is 9.59 Å². The summed E-state index contributed by atoms with van der Waals surface area (Å²) in [6.07, 6.45) is 19.8. The molecule has 0 aromatic heterocycles. The van der Waals surface area contributed by atoms with E-state index in [4.69, 9.17) is 43.3 Å². The number of amides is 4. The maximum absolute atomic E-state index is 12.5. The third-order valence-electron chi connectivity index (χ3n) is 25.2. The molecule has 10 aliphatic heterocycles. The van der Waals surface area contributed by atoms with E-state index in [0.717, 1.165) is 194 Å². The Morgan fingerprint density at radius 3 is 1.30 bits per heavy atom. The van der Waals surface area contributed by atoms with Gasteiger partial charge in [-0.15, -0.1) is 0 Å². The first-order valence-electron chi connectivity index (χ1n) is 48.2. The number of hydrogen-bond donors (Lipinski definition) is 7. The lowest BCUT2D eigenvalue weighted by atomic mass is 9.74. The van der Waals surface area contributed by atoms with Crippen LogP contribution in [0.3, 0.4) is 0 Å². The number of carbonyl (C=O) groups is 5. The summed E-state index contributed by atoms with van der Waals surface area (Å²) in [7, 11) is 0. The van der Waals surface area contributed by atoms with E-state index in [2.05, 4.69) is 86.2 Å². The topological polar surface area (TPSA) is 239 Å². The highest BCUT2D eigenvalue weighted by molar-refractivity contribution is 6.33. The van der Waals surface area contributed by atoms with Gasteiger partial charge in [0.05, 0.1) is 40.2 Å². The number of fused-ring (bicyclic) bond motifs is 6. The second-order valence-corrected chi connectivity index (χ2v) is 33.4. The van der Waals surface area contributed by atoms with Crippen molar-refractivity contribution in [1.82, 2.24) is 29.8 Å². The van der Waals surface area contributed by atoms with Gasteiger partial charge in [-0.3, -0.25) is 15.4 Å². The Morgan fingerprint density at radius 1 is 0.462 bits per heavy atom. The van der Waals surface area contributed by atoms with Gasteiger partial charge in [0.1, 0.15) is 19.5 Å². The summed E-state index contributed by atoms with van der Waals surface area (Å²) >= 11 is 12.0. The number of likely N-dealkylation sites (tertiary alicyclic amines) is 5. The van der Waals surface area contributed by atoms with Gasteiger partial charge >= 0.3 is 12.2 Å². The van der Waals surface area contributed by atoms with Gasteiger partial charge in [-0.05, 0) is 196 Å². The number of benzene rings is 8. The molecule has 7 saturated heterocycles. The summed E-state index contributed by atoms with van der Waals surface area (Å²) in [6, 6.07) is 70.1. The van der Waals surface area contributed by atoms with Crippen LogP contribution >= 0.6 is 23.2 Å². The van der Waals surface area contributed by atoms with E-state index in [0.29, 0.717) is 61.9 Å². The molecule has 20 nitrogen and oxygen atoms in total. The minimum absolute atomic E-state index is 0.0681. The number of aldehydes is 1. The molecule has 2 unspecified atom stereocenters. The molecule has 0 radical (unpaired) electrons. The van der Waals surface area contributed by atoms with Crippen LogP contribution in [0.2, 0.25) is 10.0 Å². The summed E-state index contributed by atoms with van der Waals surface area (Å²) < 4.78 is 16.0. The first-order valence-corrected chi connectivity index (χ1v) is 49.0. The van der Waals surface area contributed by atoms with Crippen molar-refractivity contribution in [3.8, 4) is 0 Å². The monoisotopic (exact) mass is 1820 g/mol. The smallest absolute Gasteiger partial charge is 0.410 e. The Balaban J connectivity index is 0.000000215. The predicted molar refractivity (Wildman–Crippen MR) is 540 cm³/mol. The lowest BCUT2D eigenvalue weighted by molar-refractivity contribution is -0.128. The predicted octanol–water partition coefficient (Wildman–Crippen LogP) is 22.3. The van der Waals surface area contributed by atoms with E-state index in [1.165, 1.54) is 35.3 Å². The number of piperidine rings is 6. The molecule has 8 N–H and O–H groups in total. The molecule has 2 atom stereocenters. The van der Waals surface area contributed by atoms with Crippen LogP contribution in [0.15, 0.2) is 224 Å². The van der Waals surface area contributed by atoms with Crippen molar-refractivity contribution < 1.29 is 43.3 Å². The van der Waals surface area contributed by atoms with E-state index in [1.54, 1.807) is 28.7 Å². The van der Waals surface area contributed by atoms with Crippen LogP contribution in [-0.2, 0) is 58.1 Å². The third kappa shape index (κ3) is 32.2. The normalized spacial score (nSPS) is 18.1.